The second-order valence-electron chi connectivity index (χ2n) is 8.31. The minimum atomic E-state index is -0.303. The van der Waals surface area contributed by atoms with E-state index in [0.717, 1.165) is 11.3 Å². The van der Waals surface area contributed by atoms with Crippen LogP contribution in [0.3, 0.4) is 0 Å². The van der Waals surface area contributed by atoms with E-state index >= 15 is 0 Å². The molecular weight excluding hydrogens is 352 g/mol. The third-order valence-electron chi connectivity index (χ3n) is 3.86. The van der Waals surface area contributed by atoms with E-state index in [-0.39, 0.29) is 17.4 Å². The average molecular weight is 383 g/mol. The number of hydrogen-bond acceptors (Lipinski definition) is 3. The number of amides is 2. The van der Waals surface area contributed by atoms with Crippen LogP contribution in [-0.4, -0.2) is 24.0 Å². The number of carbonyl (C=O) groups is 2. The Kier molecular flexibility index (Phi) is 7.21. The molecule has 2 aromatic rings. The number of rotatable bonds is 7. The first kappa shape index (κ1) is 21.5. The number of carbonyl (C=O) groups excluding carboxylic acids is 2. The molecule has 5 nitrogen and oxygen atoms in total. The molecule has 0 aliphatic carbocycles. The number of benzene rings is 2. The molecule has 28 heavy (non-hydrogen) atoms. The van der Waals surface area contributed by atoms with Gasteiger partial charge in [0.2, 0.25) is 0 Å². The van der Waals surface area contributed by atoms with Crippen LogP contribution in [0.1, 0.15) is 60.9 Å². The van der Waals surface area contributed by atoms with Gasteiger partial charge in [0, 0.05) is 23.2 Å². The van der Waals surface area contributed by atoms with Gasteiger partial charge in [-0.25, -0.2) is 0 Å². The summed E-state index contributed by atoms with van der Waals surface area (Å²) in [4.78, 5) is 24.5. The third kappa shape index (κ3) is 7.06. The summed E-state index contributed by atoms with van der Waals surface area (Å²) in [5, 5.41) is 5.79. The quantitative estimate of drug-likeness (QED) is 0.755. The van der Waals surface area contributed by atoms with E-state index in [0.29, 0.717) is 30.2 Å². The molecule has 0 aliphatic rings. The van der Waals surface area contributed by atoms with Crippen molar-refractivity contribution in [3.05, 3.63) is 65.2 Å². The molecule has 0 spiro atoms. The molecule has 2 aromatic carbocycles. The van der Waals surface area contributed by atoms with E-state index in [1.54, 1.807) is 24.3 Å². The smallest absolute Gasteiger partial charge is 0.251 e. The van der Waals surface area contributed by atoms with Crippen molar-refractivity contribution in [3.63, 3.8) is 0 Å². The highest BCUT2D eigenvalue weighted by atomic mass is 16.5. The second kappa shape index (κ2) is 9.40. The Morgan fingerprint density at radius 1 is 0.893 bits per heavy atom. The molecule has 0 bridgehead atoms. The Bertz CT molecular complexity index is 788. The first-order valence-corrected chi connectivity index (χ1v) is 9.56. The van der Waals surface area contributed by atoms with Gasteiger partial charge in [-0.3, -0.25) is 9.59 Å². The molecule has 0 saturated heterocycles. The lowest BCUT2D eigenvalue weighted by Gasteiger charge is -2.20. The Morgan fingerprint density at radius 3 is 1.93 bits per heavy atom. The van der Waals surface area contributed by atoms with Crippen molar-refractivity contribution in [1.82, 2.24) is 10.6 Å². The SMILES string of the molecule is CC(C)COc1ccc(CNC(=O)c2ccc(C(=O)NC(C)(C)C)cc2)cc1. The molecule has 0 aliphatic heterocycles. The van der Waals surface area contributed by atoms with Crippen molar-refractivity contribution >= 4 is 11.8 Å². The Hall–Kier alpha value is -2.82. The van der Waals surface area contributed by atoms with Crippen molar-refractivity contribution < 1.29 is 14.3 Å². The normalized spacial score (nSPS) is 11.2. The van der Waals surface area contributed by atoms with E-state index in [1.165, 1.54) is 0 Å². The summed E-state index contributed by atoms with van der Waals surface area (Å²) < 4.78 is 5.66. The zero-order valence-electron chi connectivity index (χ0n) is 17.3. The van der Waals surface area contributed by atoms with Gasteiger partial charge in [0.15, 0.2) is 0 Å². The van der Waals surface area contributed by atoms with Crippen LogP contribution in [0.15, 0.2) is 48.5 Å². The largest absolute Gasteiger partial charge is 0.493 e. The van der Waals surface area contributed by atoms with Crippen molar-refractivity contribution in [3.8, 4) is 5.75 Å². The van der Waals surface area contributed by atoms with Gasteiger partial charge < -0.3 is 15.4 Å². The van der Waals surface area contributed by atoms with Crippen molar-refractivity contribution in [1.29, 1.82) is 0 Å². The van der Waals surface area contributed by atoms with Crippen molar-refractivity contribution in [2.75, 3.05) is 6.61 Å². The predicted molar refractivity (Wildman–Crippen MR) is 112 cm³/mol. The fraction of sp³-hybridized carbons (Fsp3) is 0.391. The molecule has 0 fully saturated rings. The van der Waals surface area contributed by atoms with Gasteiger partial charge in [-0.15, -0.1) is 0 Å². The molecule has 5 heteroatoms. The molecule has 150 valence electrons. The zero-order chi connectivity index (χ0) is 20.7. The van der Waals surface area contributed by atoms with Crippen LogP contribution in [0, 0.1) is 5.92 Å². The van der Waals surface area contributed by atoms with E-state index in [1.807, 2.05) is 45.0 Å². The summed E-state index contributed by atoms with van der Waals surface area (Å²) in [5.74, 6) is 0.972. The van der Waals surface area contributed by atoms with Crippen LogP contribution in [0.5, 0.6) is 5.75 Å². The predicted octanol–water partition coefficient (Wildman–Crippen LogP) is 4.18. The highest BCUT2D eigenvalue weighted by Gasteiger charge is 2.15. The second-order valence-corrected chi connectivity index (χ2v) is 8.31. The third-order valence-corrected chi connectivity index (χ3v) is 3.86. The molecule has 0 unspecified atom stereocenters. The lowest BCUT2D eigenvalue weighted by Crippen LogP contribution is -2.40. The van der Waals surface area contributed by atoms with E-state index in [4.69, 9.17) is 4.74 Å². The summed E-state index contributed by atoms with van der Waals surface area (Å²) in [7, 11) is 0. The van der Waals surface area contributed by atoms with E-state index in [2.05, 4.69) is 24.5 Å². The van der Waals surface area contributed by atoms with E-state index < -0.39 is 0 Å². The number of hydrogen-bond donors (Lipinski definition) is 2. The molecule has 0 saturated carbocycles. The number of ether oxygens (including phenoxy) is 1. The van der Waals surface area contributed by atoms with Gasteiger partial charge in [0.1, 0.15) is 5.75 Å². The maximum absolute atomic E-state index is 12.3. The van der Waals surface area contributed by atoms with Crippen LogP contribution < -0.4 is 15.4 Å². The highest BCUT2D eigenvalue weighted by Crippen LogP contribution is 2.13. The van der Waals surface area contributed by atoms with Crippen LogP contribution in [0.4, 0.5) is 0 Å². The summed E-state index contributed by atoms with van der Waals surface area (Å²) >= 11 is 0. The Labute approximate surface area is 167 Å². The summed E-state index contributed by atoms with van der Waals surface area (Å²) in [6, 6.07) is 14.4. The molecule has 2 rings (SSSR count). The number of nitrogens with one attached hydrogen (secondary N) is 2. The van der Waals surface area contributed by atoms with Gasteiger partial charge in [-0.2, -0.15) is 0 Å². The fourth-order valence-corrected chi connectivity index (χ4v) is 2.44. The summed E-state index contributed by atoms with van der Waals surface area (Å²) in [5.41, 5.74) is 1.74. The van der Waals surface area contributed by atoms with Gasteiger partial charge in [-0.05, 0) is 68.7 Å². The van der Waals surface area contributed by atoms with Gasteiger partial charge >= 0.3 is 0 Å². The maximum Gasteiger partial charge on any atom is 0.251 e. The maximum atomic E-state index is 12.3. The fourth-order valence-electron chi connectivity index (χ4n) is 2.44. The van der Waals surface area contributed by atoms with Gasteiger partial charge in [0.05, 0.1) is 6.61 Å². The first-order valence-electron chi connectivity index (χ1n) is 9.56. The topological polar surface area (TPSA) is 67.4 Å². The van der Waals surface area contributed by atoms with Gasteiger partial charge in [-0.1, -0.05) is 26.0 Å². The molecule has 2 amide bonds. The van der Waals surface area contributed by atoms with Crippen LogP contribution in [-0.2, 0) is 6.54 Å². The van der Waals surface area contributed by atoms with Crippen molar-refractivity contribution in [2.24, 2.45) is 5.92 Å². The van der Waals surface area contributed by atoms with Crippen LogP contribution >= 0.6 is 0 Å². The van der Waals surface area contributed by atoms with Gasteiger partial charge in [0.25, 0.3) is 11.8 Å². The Morgan fingerprint density at radius 2 is 1.43 bits per heavy atom. The minimum Gasteiger partial charge on any atom is -0.493 e. The monoisotopic (exact) mass is 382 g/mol. The lowest BCUT2D eigenvalue weighted by molar-refractivity contribution is 0.0915. The minimum absolute atomic E-state index is 0.153. The Balaban J connectivity index is 1.88. The molecular formula is C23H30N2O3. The summed E-state index contributed by atoms with van der Waals surface area (Å²) in [6.45, 7) is 11.1. The lowest BCUT2D eigenvalue weighted by atomic mass is 10.1. The molecule has 2 N–H and O–H groups in total. The highest BCUT2D eigenvalue weighted by molar-refractivity contribution is 5.98. The standard InChI is InChI=1S/C23H30N2O3/c1-16(2)15-28-20-12-6-17(7-13-20)14-24-21(26)18-8-10-19(11-9-18)22(27)25-23(3,4)5/h6-13,16H,14-15H2,1-5H3,(H,24,26)(H,25,27). The van der Waals surface area contributed by atoms with Crippen LogP contribution in [0.25, 0.3) is 0 Å². The molecule has 0 heterocycles. The molecule has 0 atom stereocenters. The molecule has 0 radical (unpaired) electrons. The summed E-state index contributed by atoms with van der Waals surface area (Å²) in [6.07, 6.45) is 0. The zero-order valence-corrected chi connectivity index (χ0v) is 17.3. The average Bonchev–Trinajstić information content (AvgIpc) is 2.64. The van der Waals surface area contributed by atoms with Crippen LogP contribution in [0.2, 0.25) is 0 Å². The first-order chi connectivity index (χ1) is 13.1. The molecule has 0 aromatic heterocycles. The van der Waals surface area contributed by atoms with Crippen molar-refractivity contribution in [2.45, 2.75) is 46.7 Å². The van der Waals surface area contributed by atoms with E-state index in [9.17, 15) is 9.59 Å².